The molecule has 4 aromatic rings. The van der Waals surface area contributed by atoms with Gasteiger partial charge in [0.05, 0.1) is 44.0 Å². The standard InChI is InChI=1S/C29H32N4O6/c1-5-6-13-19-24(25-20(37-3)14-10-15-21(25)38-4)27(35)26(28(36)30-19)29-32-31-22(39-29)17-33(2)23(34)16-18-11-8-7-9-12-18/h7-12,14-15H,5-6,13,16-17H2,1-4H3,(H2,30,35,36). The molecule has 0 bridgehead atoms. The third kappa shape index (κ3) is 5.95. The number of carbonyl (C=O) groups is 1. The molecular weight excluding hydrogens is 500 g/mol. The molecule has 0 saturated carbocycles. The zero-order chi connectivity index (χ0) is 27.9. The molecule has 0 saturated heterocycles. The maximum Gasteiger partial charge on any atom is 0.257 e. The fourth-order valence-corrected chi connectivity index (χ4v) is 4.30. The highest BCUT2D eigenvalue weighted by atomic mass is 16.5. The summed E-state index contributed by atoms with van der Waals surface area (Å²) in [5, 5.41) is 30.5. The lowest BCUT2D eigenvalue weighted by atomic mass is 9.95. The van der Waals surface area contributed by atoms with Crippen molar-refractivity contribution in [2.75, 3.05) is 21.3 Å². The minimum atomic E-state index is -0.445. The monoisotopic (exact) mass is 532 g/mol. The van der Waals surface area contributed by atoms with E-state index in [1.165, 1.54) is 19.1 Å². The fourth-order valence-electron chi connectivity index (χ4n) is 4.30. The Balaban J connectivity index is 1.71. The summed E-state index contributed by atoms with van der Waals surface area (Å²) in [5.41, 5.74) is 2.09. The van der Waals surface area contributed by atoms with Gasteiger partial charge in [-0.15, -0.1) is 10.2 Å². The van der Waals surface area contributed by atoms with Gasteiger partial charge in [0.2, 0.25) is 17.7 Å². The number of benzene rings is 2. The van der Waals surface area contributed by atoms with E-state index < -0.39 is 5.88 Å². The molecule has 0 fully saturated rings. The molecule has 0 aliphatic carbocycles. The summed E-state index contributed by atoms with van der Waals surface area (Å²) in [7, 11) is 4.69. The Morgan fingerprint density at radius 2 is 1.64 bits per heavy atom. The van der Waals surface area contributed by atoms with Crippen molar-refractivity contribution >= 4 is 5.91 Å². The second kappa shape index (κ2) is 12.3. The highest BCUT2D eigenvalue weighted by molar-refractivity contribution is 5.88. The van der Waals surface area contributed by atoms with Gasteiger partial charge in [-0.25, -0.2) is 4.98 Å². The molecule has 0 unspecified atom stereocenters. The molecule has 0 atom stereocenters. The van der Waals surface area contributed by atoms with Crippen LogP contribution < -0.4 is 9.47 Å². The van der Waals surface area contributed by atoms with Gasteiger partial charge in [0.25, 0.3) is 5.89 Å². The Bertz CT molecular complexity index is 1420. The van der Waals surface area contributed by atoms with Gasteiger partial charge >= 0.3 is 0 Å². The van der Waals surface area contributed by atoms with Crippen molar-refractivity contribution in [1.82, 2.24) is 20.1 Å². The largest absolute Gasteiger partial charge is 0.506 e. The number of hydrogen-bond acceptors (Lipinski definition) is 9. The predicted octanol–water partition coefficient (Wildman–Crippen LogP) is 4.77. The maximum absolute atomic E-state index is 12.7. The number of carbonyl (C=O) groups excluding carboxylic acids is 1. The van der Waals surface area contributed by atoms with Crippen molar-refractivity contribution in [1.29, 1.82) is 0 Å². The van der Waals surface area contributed by atoms with Crippen molar-refractivity contribution in [3.05, 3.63) is 65.7 Å². The molecule has 10 nitrogen and oxygen atoms in total. The number of methoxy groups -OCH3 is 2. The summed E-state index contributed by atoms with van der Waals surface area (Å²) in [4.78, 5) is 18.6. The van der Waals surface area contributed by atoms with Gasteiger partial charge in [-0.2, -0.15) is 0 Å². The van der Waals surface area contributed by atoms with E-state index in [0.29, 0.717) is 34.7 Å². The van der Waals surface area contributed by atoms with E-state index >= 15 is 0 Å². The number of unbranched alkanes of at least 4 members (excludes halogenated alkanes) is 1. The fraction of sp³-hybridized carbons (Fsp3) is 0.310. The van der Waals surface area contributed by atoms with Crippen LogP contribution in [-0.2, 0) is 24.2 Å². The topological polar surface area (TPSA) is 131 Å². The van der Waals surface area contributed by atoms with Crippen LogP contribution in [0.15, 0.2) is 52.9 Å². The first-order chi connectivity index (χ1) is 18.9. The Kier molecular flexibility index (Phi) is 8.65. The number of amides is 1. The van der Waals surface area contributed by atoms with Gasteiger partial charge in [0.15, 0.2) is 0 Å². The van der Waals surface area contributed by atoms with Crippen LogP contribution in [0.5, 0.6) is 23.1 Å². The number of ether oxygens (including phenoxy) is 2. The lowest BCUT2D eigenvalue weighted by Crippen LogP contribution is -2.27. The van der Waals surface area contributed by atoms with Crippen LogP contribution in [0.1, 0.15) is 36.9 Å². The highest BCUT2D eigenvalue weighted by Gasteiger charge is 2.29. The third-order valence-electron chi connectivity index (χ3n) is 6.35. The van der Waals surface area contributed by atoms with E-state index in [4.69, 9.17) is 13.9 Å². The lowest BCUT2D eigenvalue weighted by Gasteiger charge is -2.19. The quantitative estimate of drug-likeness (QED) is 0.280. The Morgan fingerprint density at radius 3 is 2.28 bits per heavy atom. The number of aromatic hydroxyl groups is 2. The smallest absolute Gasteiger partial charge is 0.257 e. The van der Waals surface area contributed by atoms with Crippen LogP contribution >= 0.6 is 0 Å². The molecule has 204 valence electrons. The van der Waals surface area contributed by atoms with Crippen molar-refractivity contribution in [2.24, 2.45) is 0 Å². The summed E-state index contributed by atoms with van der Waals surface area (Å²) in [6.07, 6.45) is 2.39. The van der Waals surface area contributed by atoms with E-state index in [1.807, 2.05) is 37.3 Å². The maximum atomic E-state index is 12.7. The van der Waals surface area contributed by atoms with E-state index in [1.54, 1.807) is 25.2 Å². The number of aryl methyl sites for hydroxylation is 1. The molecular formula is C29H32N4O6. The van der Waals surface area contributed by atoms with Crippen molar-refractivity contribution < 1.29 is 28.9 Å². The van der Waals surface area contributed by atoms with Gasteiger partial charge in [-0.1, -0.05) is 49.7 Å². The molecule has 0 aliphatic heterocycles. The van der Waals surface area contributed by atoms with E-state index in [-0.39, 0.29) is 42.0 Å². The van der Waals surface area contributed by atoms with Crippen LogP contribution in [0.2, 0.25) is 0 Å². The van der Waals surface area contributed by atoms with Crippen LogP contribution in [0.3, 0.4) is 0 Å². The third-order valence-corrected chi connectivity index (χ3v) is 6.35. The first-order valence-electron chi connectivity index (χ1n) is 12.6. The zero-order valence-electron chi connectivity index (χ0n) is 22.5. The highest BCUT2D eigenvalue weighted by Crippen LogP contribution is 2.49. The van der Waals surface area contributed by atoms with Gasteiger partial charge in [-0.05, 0) is 30.5 Å². The molecule has 2 aromatic carbocycles. The predicted molar refractivity (Wildman–Crippen MR) is 145 cm³/mol. The van der Waals surface area contributed by atoms with E-state index in [0.717, 1.165) is 18.4 Å². The summed E-state index contributed by atoms with van der Waals surface area (Å²) >= 11 is 0. The molecule has 1 amide bonds. The number of aromatic nitrogens is 3. The number of hydrogen-bond donors (Lipinski definition) is 2. The zero-order valence-corrected chi connectivity index (χ0v) is 22.5. The number of likely N-dealkylation sites (N-methyl/N-ethyl adjacent to an activating group) is 1. The molecule has 4 rings (SSSR count). The van der Waals surface area contributed by atoms with E-state index in [2.05, 4.69) is 15.2 Å². The van der Waals surface area contributed by atoms with Crippen LogP contribution in [0.25, 0.3) is 22.6 Å². The second-order valence-corrected chi connectivity index (χ2v) is 9.03. The first-order valence-corrected chi connectivity index (χ1v) is 12.6. The second-order valence-electron chi connectivity index (χ2n) is 9.03. The molecule has 2 aromatic heterocycles. The summed E-state index contributed by atoms with van der Waals surface area (Å²) in [6.45, 7) is 2.09. The number of rotatable bonds is 11. The summed E-state index contributed by atoms with van der Waals surface area (Å²) in [6, 6.07) is 14.7. The molecule has 10 heteroatoms. The van der Waals surface area contributed by atoms with Gasteiger partial charge in [0.1, 0.15) is 22.8 Å². The SMILES string of the molecule is CCCCc1nc(O)c(-c2nnc(CN(C)C(=O)Cc3ccccc3)o2)c(O)c1-c1c(OC)cccc1OC. The molecule has 0 spiro atoms. The minimum Gasteiger partial charge on any atom is -0.506 e. The molecule has 0 aliphatic rings. The number of pyridine rings is 1. The molecule has 2 heterocycles. The van der Waals surface area contributed by atoms with Gasteiger partial charge < -0.3 is 29.0 Å². The van der Waals surface area contributed by atoms with Gasteiger partial charge in [0, 0.05) is 7.05 Å². The average molecular weight is 533 g/mol. The van der Waals surface area contributed by atoms with Crippen molar-refractivity contribution in [3.8, 4) is 45.7 Å². The Labute approximate surface area is 226 Å². The van der Waals surface area contributed by atoms with E-state index in [9.17, 15) is 15.0 Å². The molecule has 39 heavy (non-hydrogen) atoms. The molecule has 0 radical (unpaired) electrons. The Hall–Kier alpha value is -4.60. The minimum absolute atomic E-state index is 0.0510. The number of nitrogens with zero attached hydrogens (tertiary/aromatic N) is 4. The first kappa shape index (κ1) is 27.4. The normalized spacial score (nSPS) is 10.9. The van der Waals surface area contributed by atoms with Crippen LogP contribution in [-0.4, -0.2) is 57.5 Å². The average Bonchev–Trinajstić information content (AvgIpc) is 3.39. The summed E-state index contributed by atoms with van der Waals surface area (Å²) in [5.74, 6) is 0.0724. The van der Waals surface area contributed by atoms with Crippen LogP contribution in [0, 0.1) is 0 Å². The Morgan fingerprint density at radius 1 is 0.949 bits per heavy atom. The van der Waals surface area contributed by atoms with Gasteiger partial charge in [-0.3, -0.25) is 4.79 Å². The molecule has 2 N–H and O–H groups in total. The lowest BCUT2D eigenvalue weighted by molar-refractivity contribution is -0.130. The van der Waals surface area contributed by atoms with Crippen LogP contribution in [0.4, 0.5) is 0 Å². The summed E-state index contributed by atoms with van der Waals surface area (Å²) < 4.78 is 16.9. The van der Waals surface area contributed by atoms with Crippen molar-refractivity contribution in [3.63, 3.8) is 0 Å². The van der Waals surface area contributed by atoms with Crippen molar-refractivity contribution in [2.45, 2.75) is 39.2 Å².